The zero-order valence-corrected chi connectivity index (χ0v) is 15.2. The Morgan fingerprint density at radius 3 is 1.92 bits per heavy atom. The standard InChI is InChI=1S/C13H11B.C9H16N2/c14-13(11-7-3-1-4-8-11)12-9-5-2-6-10-12;1-8(2)4-3-5-9-6-10-7-11-9/h1-10,13H;6-8H,3-5H2,1-2H3,(H,10,11). The molecule has 0 fully saturated rings. The monoisotopic (exact) mass is 330 g/mol. The molecule has 3 heteroatoms. The van der Waals surface area contributed by atoms with Crippen LogP contribution in [0.25, 0.3) is 0 Å². The van der Waals surface area contributed by atoms with E-state index in [0.29, 0.717) is 0 Å². The van der Waals surface area contributed by atoms with Crippen LogP contribution in [0.3, 0.4) is 0 Å². The number of benzene rings is 2. The second-order valence-electron chi connectivity index (χ2n) is 6.66. The lowest BCUT2D eigenvalue weighted by atomic mass is 9.76. The largest absolute Gasteiger partial charge is 0.348 e. The average molecular weight is 330 g/mol. The number of H-pyrrole nitrogens is 1. The van der Waals surface area contributed by atoms with Gasteiger partial charge >= 0.3 is 0 Å². The first-order chi connectivity index (χ1) is 12.2. The number of imidazole rings is 1. The molecule has 2 radical (unpaired) electrons. The van der Waals surface area contributed by atoms with E-state index < -0.39 is 0 Å². The van der Waals surface area contributed by atoms with Crippen molar-refractivity contribution >= 4 is 7.85 Å². The summed E-state index contributed by atoms with van der Waals surface area (Å²) in [4.78, 5) is 7.06. The molecule has 0 amide bonds. The van der Waals surface area contributed by atoms with Gasteiger partial charge in [0.15, 0.2) is 0 Å². The molecule has 3 rings (SSSR count). The summed E-state index contributed by atoms with van der Waals surface area (Å²) in [6, 6.07) is 20.3. The summed E-state index contributed by atoms with van der Waals surface area (Å²) >= 11 is 0. The molecular formula is C22H27BN2. The first-order valence-electron chi connectivity index (χ1n) is 8.99. The summed E-state index contributed by atoms with van der Waals surface area (Å²) in [5.74, 6) is 0.801. The molecule has 0 spiro atoms. The van der Waals surface area contributed by atoms with Crippen LogP contribution >= 0.6 is 0 Å². The van der Waals surface area contributed by atoms with Gasteiger partial charge in [0.25, 0.3) is 0 Å². The number of nitrogens with zero attached hydrogens (tertiary/aromatic N) is 1. The third-order valence-corrected chi connectivity index (χ3v) is 4.10. The van der Waals surface area contributed by atoms with Crippen molar-refractivity contribution in [3.05, 3.63) is 90.0 Å². The number of nitrogens with one attached hydrogen (secondary N) is 1. The smallest absolute Gasteiger partial charge is 0.0921 e. The Morgan fingerprint density at radius 2 is 1.48 bits per heavy atom. The summed E-state index contributed by atoms with van der Waals surface area (Å²) in [5, 5.41) is 0. The van der Waals surface area contributed by atoms with Crippen molar-refractivity contribution in [3.63, 3.8) is 0 Å². The van der Waals surface area contributed by atoms with E-state index in [1.807, 2.05) is 42.6 Å². The van der Waals surface area contributed by atoms with Gasteiger partial charge in [-0.25, -0.2) is 4.98 Å². The van der Waals surface area contributed by atoms with E-state index in [4.69, 9.17) is 7.85 Å². The molecule has 3 aromatic rings. The maximum Gasteiger partial charge on any atom is 0.0921 e. The van der Waals surface area contributed by atoms with Crippen molar-refractivity contribution in [3.8, 4) is 0 Å². The summed E-state index contributed by atoms with van der Waals surface area (Å²) in [6.45, 7) is 4.51. The molecule has 128 valence electrons. The lowest BCUT2D eigenvalue weighted by molar-refractivity contribution is 0.553. The van der Waals surface area contributed by atoms with Crippen molar-refractivity contribution < 1.29 is 0 Å². The number of hydrogen-bond acceptors (Lipinski definition) is 1. The highest BCUT2D eigenvalue weighted by Gasteiger charge is 2.05. The van der Waals surface area contributed by atoms with Crippen LogP contribution in [-0.2, 0) is 6.42 Å². The minimum absolute atomic E-state index is 0.0163. The molecule has 1 N–H and O–H groups in total. The minimum Gasteiger partial charge on any atom is -0.348 e. The normalized spacial score (nSPS) is 10.6. The van der Waals surface area contributed by atoms with Crippen molar-refractivity contribution in [2.24, 2.45) is 5.92 Å². The van der Waals surface area contributed by atoms with Crippen LogP contribution in [0.15, 0.2) is 73.2 Å². The zero-order valence-electron chi connectivity index (χ0n) is 15.2. The Kier molecular flexibility index (Phi) is 8.04. The number of aromatic amines is 1. The van der Waals surface area contributed by atoms with Crippen molar-refractivity contribution in [1.29, 1.82) is 0 Å². The van der Waals surface area contributed by atoms with E-state index in [0.717, 1.165) is 23.5 Å². The van der Waals surface area contributed by atoms with Gasteiger partial charge in [-0.15, -0.1) is 0 Å². The SMILES string of the molecule is CC(C)CCCc1cnc[nH]1.[B]C(c1ccccc1)c1ccccc1. The van der Waals surface area contributed by atoms with Crippen molar-refractivity contribution in [2.45, 2.75) is 38.9 Å². The first kappa shape index (κ1) is 19.0. The van der Waals surface area contributed by atoms with Crippen LogP contribution < -0.4 is 0 Å². The predicted molar refractivity (Wildman–Crippen MR) is 107 cm³/mol. The molecule has 0 bridgehead atoms. The van der Waals surface area contributed by atoms with E-state index in [-0.39, 0.29) is 5.82 Å². The fraction of sp³-hybridized carbons (Fsp3) is 0.318. The van der Waals surface area contributed by atoms with Gasteiger partial charge in [-0.3, -0.25) is 0 Å². The minimum atomic E-state index is -0.0163. The molecule has 0 aliphatic rings. The molecule has 0 atom stereocenters. The highest BCUT2D eigenvalue weighted by atomic mass is 14.9. The Morgan fingerprint density at radius 1 is 0.920 bits per heavy atom. The molecule has 1 heterocycles. The summed E-state index contributed by atoms with van der Waals surface area (Å²) in [5.41, 5.74) is 3.56. The number of aryl methyl sites for hydroxylation is 1. The topological polar surface area (TPSA) is 28.7 Å². The quantitative estimate of drug-likeness (QED) is 0.608. The van der Waals surface area contributed by atoms with Crippen molar-refractivity contribution in [1.82, 2.24) is 9.97 Å². The molecule has 0 saturated heterocycles. The van der Waals surface area contributed by atoms with Gasteiger partial charge in [-0.1, -0.05) is 80.9 Å². The Balaban J connectivity index is 0.000000186. The van der Waals surface area contributed by atoms with Gasteiger partial charge in [-0.05, 0) is 35.7 Å². The maximum atomic E-state index is 6.12. The van der Waals surface area contributed by atoms with Crippen molar-refractivity contribution in [2.75, 3.05) is 0 Å². The molecule has 0 aliphatic carbocycles. The maximum absolute atomic E-state index is 6.12. The molecular weight excluding hydrogens is 303 g/mol. The van der Waals surface area contributed by atoms with E-state index >= 15 is 0 Å². The van der Waals surface area contributed by atoms with E-state index in [2.05, 4.69) is 48.1 Å². The van der Waals surface area contributed by atoms with Gasteiger partial charge in [0.05, 0.1) is 14.2 Å². The van der Waals surface area contributed by atoms with Gasteiger partial charge < -0.3 is 4.98 Å². The Bertz CT molecular complexity index is 639. The highest BCUT2D eigenvalue weighted by Crippen LogP contribution is 2.20. The third-order valence-electron chi connectivity index (χ3n) is 4.10. The van der Waals surface area contributed by atoms with Crippen LogP contribution in [0.4, 0.5) is 0 Å². The van der Waals surface area contributed by atoms with Crippen LogP contribution in [0.1, 0.15) is 49.3 Å². The number of hydrogen-bond donors (Lipinski definition) is 1. The molecule has 2 nitrogen and oxygen atoms in total. The molecule has 2 aromatic carbocycles. The van der Waals surface area contributed by atoms with Crippen LogP contribution in [0.5, 0.6) is 0 Å². The predicted octanol–water partition coefficient (Wildman–Crippen LogP) is 5.33. The Hall–Kier alpha value is -2.29. The zero-order chi connectivity index (χ0) is 17.9. The average Bonchev–Trinajstić information content (AvgIpc) is 3.16. The third kappa shape index (κ3) is 7.00. The van der Waals surface area contributed by atoms with E-state index in [1.165, 1.54) is 18.5 Å². The number of rotatable bonds is 6. The fourth-order valence-electron chi connectivity index (χ4n) is 2.64. The summed E-state index contributed by atoms with van der Waals surface area (Å²) in [6.07, 6.45) is 7.35. The molecule has 0 saturated carbocycles. The molecule has 25 heavy (non-hydrogen) atoms. The van der Waals surface area contributed by atoms with Gasteiger partial charge in [-0.2, -0.15) is 0 Å². The lowest BCUT2D eigenvalue weighted by Crippen LogP contribution is -1.99. The lowest BCUT2D eigenvalue weighted by Gasteiger charge is -2.12. The van der Waals surface area contributed by atoms with Gasteiger partial charge in [0.2, 0.25) is 0 Å². The second kappa shape index (κ2) is 10.6. The second-order valence-corrected chi connectivity index (χ2v) is 6.66. The van der Waals surface area contributed by atoms with Gasteiger partial charge in [0, 0.05) is 11.9 Å². The first-order valence-corrected chi connectivity index (χ1v) is 8.99. The summed E-state index contributed by atoms with van der Waals surface area (Å²) < 4.78 is 0. The van der Waals surface area contributed by atoms with Crippen LogP contribution in [0, 0.1) is 5.92 Å². The summed E-state index contributed by atoms with van der Waals surface area (Å²) in [7, 11) is 6.12. The molecule has 1 aromatic heterocycles. The van der Waals surface area contributed by atoms with Gasteiger partial charge in [0.1, 0.15) is 0 Å². The van der Waals surface area contributed by atoms with E-state index in [9.17, 15) is 0 Å². The molecule has 0 aliphatic heterocycles. The highest BCUT2D eigenvalue weighted by molar-refractivity contribution is 6.14. The fourth-order valence-corrected chi connectivity index (χ4v) is 2.64. The molecule has 0 unspecified atom stereocenters. The van der Waals surface area contributed by atoms with E-state index in [1.54, 1.807) is 6.33 Å². The Labute approximate surface area is 153 Å². The van der Waals surface area contributed by atoms with Crippen LogP contribution in [-0.4, -0.2) is 17.8 Å². The number of aromatic nitrogens is 2. The van der Waals surface area contributed by atoms with Crippen LogP contribution in [0.2, 0.25) is 0 Å².